The number of nitrogens with one attached hydrogen (secondary N) is 1. The molecule has 4 rings (SSSR count). The van der Waals surface area contributed by atoms with E-state index in [1.54, 1.807) is 12.1 Å². The van der Waals surface area contributed by atoms with Crippen LogP contribution in [0.1, 0.15) is 19.3 Å². The smallest absolute Gasteiger partial charge is 0.251 e. The Morgan fingerprint density at radius 3 is 2.22 bits per heavy atom. The number of imide groups is 1. The van der Waals surface area contributed by atoms with Crippen molar-refractivity contribution < 1.29 is 27.1 Å². The van der Waals surface area contributed by atoms with Crippen LogP contribution < -0.4 is 15.0 Å². The van der Waals surface area contributed by atoms with E-state index in [4.69, 9.17) is 4.74 Å². The number of amides is 2. The molecule has 0 aromatic heterocycles. The first-order valence-corrected chi connectivity index (χ1v) is 11.8. The van der Waals surface area contributed by atoms with Crippen molar-refractivity contribution in [2.75, 3.05) is 25.1 Å². The molecule has 0 unspecified atom stereocenters. The molecule has 0 radical (unpaired) electrons. The third-order valence-electron chi connectivity index (χ3n) is 5.82. The molecule has 1 atom stereocenters. The highest BCUT2D eigenvalue weighted by Crippen LogP contribution is 2.26. The van der Waals surface area contributed by atoms with E-state index in [0.29, 0.717) is 37.4 Å². The Morgan fingerprint density at radius 2 is 1.62 bits per heavy atom. The highest BCUT2D eigenvalue weighted by molar-refractivity contribution is 7.89. The van der Waals surface area contributed by atoms with Gasteiger partial charge in [-0.1, -0.05) is 0 Å². The summed E-state index contributed by atoms with van der Waals surface area (Å²) in [6, 6.07) is 10.7. The molecule has 8 nitrogen and oxygen atoms in total. The molecule has 2 aromatic rings. The number of ether oxygens (including phenoxy) is 1. The molecule has 10 heteroatoms. The molecule has 32 heavy (non-hydrogen) atoms. The van der Waals surface area contributed by atoms with Gasteiger partial charge in [-0.05, 0) is 61.4 Å². The Morgan fingerprint density at radius 1 is 1.00 bits per heavy atom. The summed E-state index contributed by atoms with van der Waals surface area (Å²) in [5.74, 6) is -0.593. The van der Waals surface area contributed by atoms with Gasteiger partial charge in [0.15, 0.2) is 0 Å². The van der Waals surface area contributed by atoms with Crippen molar-refractivity contribution in [3.63, 3.8) is 0 Å². The van der Waals surface area contributed by atoms with Crippen LogP contribution in [0.15, 0.2) is 53.4 Å². The van der Waals surface area contributed by atoms with E-state index < -0.39 is 21.9 Å². The number of sulfonamides is 1. The van der Waals surface area contributed by atoms with Gasteiger partial charge < -0.3 is 10.1 Å². The lowest BCUT2D eigenvalue weighted by Gasteiger charge is -2.32. The number of hydrogen-bond acceptors (Lipinski definition) is 6. The Bertz CT molecular complexity index is 1100. The Labute approximate surface area is 186 Å². The number of carbonyl (C=O) groups excluding carboxylic acids is 2. The molecule has 2 aliphatic rings. The Hall–Kier alpha value is -2.82. The van der Waals surface area contributed by atoms with Gasteiger partial charge in [0.2, 0.25) is 15.9 Å². The summed E-state index contributed by atoms with van der Waals surface area (Å²) < 4.78 is 45.4. The molecule has 0 spiro atoms. The Balaban J connectivity index is 1.36. The first kappa shape index (κ1) is 22.4. The predicted molar refractivity (Wildman–Crippen MR) is 115 cm³/mol. The fourth-order valence-corrected chi connectivity index (χ4v) is 5.54. The van der Waals surface area contributed by atoms with Crippen molar-refractivity contribution in [3.05, 3.63) is 54.3 Å². The van der Waals surface area contributed by atoms with Gasteiger partial charge in [-0.15, -0.1) is 0 Å². The number of nitrogens with zero attached hydrogens (tertiary/aromatic N) is 2. The zero-order valence-electron chi connectivity index (χ0n) is 17.5. The van der Waals surface area contributed by atoms with Crippen molar-refractivity contribution in [1.29, 1.82) is 0 Å². The van der Waals surface area contributed by atoms with E-state index in [9.17, 15) is 22.4 Å². The third kappa shape index (κ3) is 4.38. The molecule has 2 amide bonds. The average molecular weight is 462 g/mol. The van der Waals surface area contributed by atoms with Crippen molar-refractivity contribution in [1.82, 2.24) is 9.62 Å². The van der Waals surface area contributed by atoms with Gasteiger partial charge in [-0.2, -0.15) is 4.31 Å². The van der Waals surface area contributed by atoms with E-state index in [-0.39, 0.29) is 29.2 Å². The van der Waals surface area contributed by atoms with Crippen LogP contribution in [0.3, 0.4) is 0 Å². The summed E-state index contributed by atoms with van der Waals surface area (Å²) in [4.78, 5) is 26.4. The summed E-state index contributed by atoms with van der Waals surface area (Å²) in [7, 11) is -2.10. The fraction of sp³-hybridized carbons (Fsp3) is 0.364. The van der Waals surface area contributed by atoms with Crippen molar-refractivity contribution in [2.24, 2.45) is 0 Å². The maximum atomic E-state index is 13.2. The van der Waals surface area contributed by atoms with Gasteiger partial charge in [-0.3, -0.25) is 9.59 Å². The number of carbonyl (C=O) groups is 2. The minimum Gasteiger partial charge on any atom is -0.497 e. The number of rotatable bonds is 6. The second-order valence-corrected chi connectivity index (χ2v) is 9.76. The van der Waals surface area contributed by atoms with Crippen LogP contribution in [0.5, 0.6) is 5.75 Å². The van der Waals surface area contributed by atoms with Crippen LogP contribution in [-0.4, -0.2) is 56.8 Å². The minimum atomic E-state index is -3.62. The van der Waals surface area contributed by atoms with E-state index in [2.05, 4.69) is 5.32 Å². The first-order chi connectivity index (χ1) is 15.3. The lowest BCUT2D eigenvalue weighted by molar-refractivity contribution is -0.121. The van der Waals surface area contributed by atoms with Crippen molar-refractivity contribution >= 4 is 27.5 Å². The third-order valence-corrected chi connectivity index (χ3v) is 7.73. The summed E-state index contributed by atoms with van der Waals surface area (Å²) >= 11 is 0. The van der Waals surface area contributed by atoms with Gasteiger partial charge in [0.25, 0.3) is 5.91 Å². The molecular weight excluding hydrogens is 437 g/mol. The number of anilines is 1. The quantitative estimate of drug-likeness (QED) is 0.661. The molecule has 0 saturated carbocycles. The number of benzene rings is 2. The maximum Gasteiger partial charge on any atom is 0.251 e. The molecule has 2 fully saturated rings. The van der Waals surface area contributed by atoms with E-state index >= 15 is 0 Å². The van der Waals surface area contributed by atoms with Crippen molar-refractivity contribution in [2.45, 2.75) is 36.2 Å². The second kappa shape index (κ2) is 8.97. The molecule has 2 aliphatic heterocycles. The SMILES string of the molecule is COc1ccc(S(=O)(=O)N2CCC(N[C@H]3CC(=O)N(c4ccc(F)cc4)C3=O)CC2)cc1. The van der Waals surface area contributed by atoms with Crippen LogP contribution in [0, 0.1) is 5.82 Å². The van der Waals surface area contributed by atoms with E-state index in [0.717, 1.165) is 4.90 Å². The summed E-state index contributed by atoms with van der Waals surface area (Å²) in [6.07, 6.45) is 1.05. The molecule has 0 bridgehead atoms. The number of halogens is 1. The van der Waals surface area contributed by atoms with Crippen LogP contribution in [-0.2, 0) is 19.6 Å². The van der Waals surface area contributed by atoms with Crippen molar-refractivity contribution in [3.8, 4) is 5.75 Å². The predicted octanol–water partition coefficient (Wildman–Crippen LogP) is 1.91. The van der Waals surface area contributed by atoms with Gasteiger partial charge in [-0.25, -0.2) is 17.7 Å². The minimum absolute atomic E-state index is 0.0145. The summed E-state index contributed by atoms with van der Waals surface area (Å²) in [5.41, 5.74) is 0.339. The van der Waals surface area contributed by atoms with E-state index in [1.807, 2.05) is 0 Å². The fourth-order valence-electron chi connectivity index (χ4n) is 4.07. The lowest BCUT2D eigenvalue weighted by atomic mass is 10.1. The largest absolute Gasteiger partial charge is 0.497 e. The zero-order valence-corrected chi connectivity index (χ0v) is 18.3. The van der Waals surface area contributed by atoms with Gasteiger partial charge >= 0.3 is 0 Å². The lowest BCUT2D eigenvalue weighted by Crippen LogP contribution is -2.49. The Kier molecular flexibility index (Phi) is 6.27. The number of hydrogen-bond donors (Lipinski definition) is 1. The van der Waals surface area contributed by atoms with Crippen LogP contribution in [0.4, 0.5) is 10.1 Å². The molecule has 2 aromatic carbocycles. The molecule has 170 valence electrons. The first-order valence-electron chi connectivity index (χ1n) is 10.3. The van der Waals surface area contributed by atoms with Crippen LogP contribution in [0.25, 0.3) is 0 Å². The second-order valence-electron chi connectivity index (χ2n) is 7.82. The van der Waals surface area contributed by atoms with Gasteiger partial charge in [0, 0.05) is 19.1 Å². The molecule has 2 heterocycles. The summed E-state index contributed by atoms with van der Waals surface area (Å²) in [6.45, 7) is 0.616. The monoisotopic (exact) mass is 461 g/mol. The molecule has 0 aliphatic carbocycles. The van der Waals surface area contributed by atoms with Gasteiger partial charge in [0.1, 0.15) is 11.6 Å². The highest BCUT2D eigenvalue weighted by Gasteiger charge is 2.41. The number of piperidine rings is 1. The molecular formula is C22H24FN3O5S. The van der Waals surface area contributed by atoms with Gasteiger partial charge in [0.05, 0.1) is 30.2 Å². The maximum absolute atomic E-state index is 13.2. The summed E-state index contributed by atoms with van der Waals surface area (Å²) in [5, 5.41) is 3.21. The molecule has 2 saturated heterocycles. The topological polar surface area (TPSA) is 96.0 Å². The zero-order chi connectivity index (χ0) is 22.9. The number of methoxy groups -OCH3 is 1. The standard InChI is InChI=1S/C22H24FN3O5S/c1-31-18-6-8-19(9-7-18)32(29,30)25-12-10-16(11-13-25)24-20-14-21(27)26(22(20)28)17-4-2-15(23)3-5-17/h2-9,16,20,24H,10-14H2,1H3/t20-/m0/s1. The molecule has 1 N–H and O–H groups in total. The highest BCUT2D eigenvalue weighted by atomic mass is 32.2. The normalized spacial score (nSPS) is 20.7. The van der Waals surface area contributed by atoms with Crippen LogP contribution >= 0.6 is 0 Å². The average Bonchev–Trinajstić information content (AvgIpc) is 3.07. The van der Waals surface area contributed by atoms with Crippen LogP contribution in [0.2, 0.25) is 0 Å². The van der Waals surface area contributed by atoms with E-state index in [1.165, 1.54) is 47.8 Å².